The minimum Gasteiger partial charge on any atom is -0.444 e. The Kier molecular flexibility index (Phi) is 12.2. The Morgan fingerprint density at radius 1 is 0.887 bits per heavy atom. The number of amides is 4. The summed E-state index contributed by atoms with van der Waals surface area (Å²) >= 11 is 0. The average molecular weight is 730 g/mol. The number of ketones is 1. The van der Waals surface area contributed by atoms with Crippen molar-refractivity contribution in [3.63, 3.8) is 0 Å². The van der Waals surface area contributed by atoms with E-state index in [0.29, 0.717) is 18.4 Å². The average Bonchev–Trinajstić information content (AvgIpc) is 3.93. The number of fused-ring (bicyclic) bond motifs is 1. The number of nitrogens with one attached hydrogen (secondary N) is 3. The summed E-state index contributed by atoms with van der Waals surface area (Å²) in [7, 11) is 1.55. The van der Waals surface area contributed by atoms with E-state index in [0.717, 1.165) is 29.2 Å². The lowest BCUT2D eigenvalue weighted by molar-refractivity contribution is -0.157. The Hall–Kier alpha value is -4.84. The number of ether oxygens (including phenoxy) is 1. The maximum Gasteiger partial charge on any atom is 0.408 e. The van der Waals surface area contributed by atoms with Crippen LogP contribution in [0.1, 0.15) is 65.0 Å². The van der Waals surface area contributed by atoms with E-state index in [4.69, 9.17) is 4.74 Å². The lowest BCUT2D eigenvalue weighted by Gasteiger charge is -2.44. The molecule has 1 aliphatic heterocycles. The predicted molar refractivity (Wildman–Crippen MR) is 200 cm³/mol. The molecule has 1 saturated carbocycles. The van der Waals surface area contributed by atoms with Crippen molar-refractivity contribution in [3.8, 4) is 0 Å². The van der Waals surface area contributed by atoms with Gasteiger partial charge in [0.15, 0.2) is 5.78 Å². The largest absolute Gasteiger partial charge is 0.444 e. The molecule has 2 fully saturated rings. The smallest absolute Gasteiger partial charge is 0.408 e. The standard InChI is InChI=1S/C41H52FN5O6/c1-40(2,3)53-39(52)45-41(4,5)35(48)25-44-32(22-26-14-17-31(42)18-15-26)37(50)47-20-19-46(38(51)34(47)23-27-11-12-27)33(36(49)43-6)24-28-13-16-29-9-7-8-10-30(29)21-28/h7-10,13-18,21,27,32-34,44H,11-12,19-20,22-25H2,1-6H3,(H,43,49)(H,45,52). The van der Waals surface area contributed by atoms with Crippen LogP contribution in [0.2, 0.25) is 0 Å². The fourth-order valence-electron chi connectivity index (χ4n) is 6.75. The van der Waals surface area contributed by atoms with Crippen molar-refractivity contribution in [2.24, 2.45) is 5.92 Å². The number of carbonyl (C=O) groups excluding carboxylic acids is 5. The van der Waals surface area contributed by atoms with E-state index in [2.05, 4.69) is 16.0 Å². The van der Waals surface area contributed by atoms with Gasteiger partial charge in [0, 0.05) is 26.6 Å². The van der Waals surface area contributed by atoms with Crippen LogP contribution in [0, 0.1) is 11.7 Å². The molecule has 284 valence electrons. The van der Waals surface area contributed by atoms with Gasteiger partial charge in [0.05, 0.1) is 18.1 Å². The number of hydrogen-bond acceptors (Lipinski definition) is 7. The molecule has 1 saturated heterocycles. The van der Waals surface area contributed by atoms with Crippen molar-refractivity contribution >= 4 is 40.4 Å². The highest BCUT2D eigenvalue weighted by Crippen LogP contribution is 2.36. The Balaban J connectivity index is 1.37. The highest BCUT2D eigenvalue weighted by atomic mass is 19.1. The summed E-state index contributed by atoms with van der Waals surface area (Å²) in [4.78, 5) is 71.6. The third kappa shape index (κ3) is 10.4. The Morgan fingerprint density at radius 3 is 2.19 bits per heavy atom. The van der Waals surface area contributed by atoms with Crippen molar-refractivity contribution in [3.05, 3.63) is 83.7 Å². The molecule has 5 rings (SSSR count). The second-order valence-electron chi connectivity index (χ2n) is 15.7. The second kappa shape index (κ2) is 16.4. The monoisotopic (exact) mass is 729 g/mol. The van der Waals surface area contributed by atoms with Crippen molar-refractivity contribution in [2.45, 2.75) is 96.0 Å². The molecule has 12 heteroatoms. The Morgan fingerprint density at radius 2 is 1.55 bits per heavy atom. The van der Waals surface area contributed by atoms with Gasteiger partial charge in [-0.3, -0.25) is 24.5 Å². The maximum absolute atomic E-state index is 14.5. The third-order valence-electron chi connectivity index (χ3n) is 9.90. The molecule has 3 atom stereocenters. The van der Waals surface area contributed by atoms with Crippen LogP contribution < -0.4 is 16.0 Å². The van der Waals surface area contributed by atoms with Crippen LogP contribution in [-0.2, 0) is 36.8 Å². The predicted octanol–water partition coefficient (Wildman–Crippen LogP) is 4.55. The van der Waals surface area contributed by atoms with Gasteiger partial charge in [0.25, 0.3) is 0 Å². The van der Waals surface area contributed by atoms with Gasteiger partial charge in [-0.25, -0.2) is 9.18 Å². The first kappa shape index (κ1) is 39.4. The minimum absolute atomic E-state index is 0.125. The SMILES string of the molecule is CNC(=O)C(Cc1ccc2ccccc2c1)N1CCN(C(=O)C(Cc2ccc(F)cc2)NCC(=O)C(C)(C)NC(=O)OC(C)(C)C)C(CC2CC2)C1=O. The zero-order valence-corrected chi connectivity index (χ0v) is 31.5. The second-order valence-corrected chi connectivity index (χ2v) is 15.7. The van der Waals surface area contributed by atoms with Gasteiger partial charge in [-0.2, -0.15) is 0 Å². The zero-order valence-electron chi connectivity index (χ0n) is 31.5. The molecule has 11 nitrogen and oxygen atoms in total. The van der Waals surface area contributed by atoms with Gasteiger partial charge in [-0.1, -0.05) is 67.4 Å². The number of halogens is 1. The van der Waals surface area contributed by atoms with Crippen LogP contribution in [0.25, 0.3) is 10.8 Å². The highest BCUT2D eigenvalue weighted by Gasteiger charge is 2.45. The number of nitrogens with zero attached hydrogens (tertiary/aromatic N) is 2. The number of piperazine rings is 1. The van der Waals surface area contributed by atoms with Gasteiger partial charge < -0.3 is 25.2 Å². The van der Waals surface area contributed by atoms with Crippen molar-refractivity contribution in [2.75, 3.05) is 26.7 Å². The molecule has 0 spiro atoms. The van der Waals surface area contributed by atoms with E-state index in [1.807, 2.05) is 42.5 Å². The van der Waals surface area contributed by atoms with Gasteiger partial charge in [-0.05, 0) is 87.4 Å². The molecule has 0 radical (unpaired) electrons. The van der Waals surface area contributed by atoms with Crippen molar-refractivity contribution in [1.29, 1.82) is 0 Å². The first-order chi connectivity index (χ1) is 25.0. The summed E-state index contributed by atoms with van der Waals surface area (Å²) in [6.45, 7) is 8.34. The van der Waals surface area contributed by atoms with Crippen LogP contribution in [-0.4, -0.2) is 95.3 Å². The van der Waals surface area contributed by atoms with Gasteiger partial charge in [-0.15, -0.1) is 0 Å². The van der Waals surface area contributed by atoms with Gasteiger partial charge in [0.1, 0.15) is 23.5 Å². The first-order valence-corrected chi connectivity index (χ1v) is 18.4. The number of Topliss-reactive ketones (excluding diaryl/α,β-unsaturated/α-hetero) is 1. The molecule has 4 amide bonds. The van der Waals surface area contributed by atoms with Gasteiger partial charge >= 0.3 is 6.09 Å². The fraction of sp³-hybridized carbons (Fsp3) is 0.488. The molecule has 3 N–H and O–H groups in total. The molecule has 1 aliphatic carbocycles. The lowest BCUT2D eigenvalue weighted by atomic mass is 9.95. The summed E-state index contributed by atoms with van der Waals surface area (Å²) < 4.78 is 19.2. The maximum atomic E-state index is 14.5. The zero-order chi connectivity index (χ0) is 38.5. The number of hydrogen-bond donors (Lipinski definition) is 3. The highest BCUT2D eigenvalue weighted by molar-refractivity contribution is 5.96. The molecule has 2 aliphatic rings. The molecule has 3 aromatic rings. The van der Waals surface area contributed by atoms with Crippen molar-refractivity contribution in [1.82, 2.24) is 25.8 Å². The molecular weight excluding hydrogens is 677 g/mol. The van der Waals surface area contributed by atoms with Crippen LogP contribution in [0.3, 0.4) is 0 Å². The van der Waals surface area contributed by atoms with E-state index in [9.17, 15) is 28.4 Å². The van der Waals surface area contributed by atoms with E-state index in [-0.39, 0.29) is 49.7 Å². The fourth-order valence-corrected chi connectivity index (χ4v) is 6.75. The topological polar surface area (TPSA) is 137 Å². The van der Waals surface area contributed by atoms with E-state index in [1.165, 1.54) is 12.1 Å². The minimum atomic E-state index is -1.32. The van der Waals surface area contributed by atoms with Crippen LogP contribution >= 0.6 is 0 Å². The normalized spacial score (nSPS) is 17.6. The van der Waals surface area contributed by atoms with Crippen LogP contribution in [0.4, 0.5) is 9.18 Å². The number of carbonyl (C=O) groups is 5. The number of alkyl carbamates (subject to hydrolysis) is 1. The van der Waals surface area contributed by atoms with Crippen LogP contribution in [0.5, 0.6) is 0 Å². The third-order valence-corrected chi connectivity index (χ3v) is 9.90. The molecule has 0 bridgehead atoms. The summed E-state index contributed by atoms with van der Waals surface area (Å²) in [5, 5.41) is 10.6. The van der Waals surface area contributed by atoms with E-state index < -0.39 is 47.0 Å². The molecular formula is C41H52FN5O6. The first-order valence-electron chi connectivity index (χ1n) is 18.4. The summed E-state index contributed by atoms with van der Waals surface area (Å²) in [5.74, 6) is -1.47. The molecule has 3 unspecified atom stereocenters. The molecule has 0 aromatic heterocycles. The molecule has 53 heavy (non-hydrogen) atoms. The summed E-state index contributed by atoms with van der Waals surface area (Å²) in [6.07, 6.45) is 2.06. The van der Waals surface area contributed by atoms with E-state index >= 15 is 0 Å². The Bertz CT molecular complexity index is 1820. The summed E-state index contributed by atoms with van der Waals surface area (Å²) in [6, 6.07) is 17.2. The molecule has 1 heterocycles. The van der Waals surface area contributed by atoms with E-state index in [1.54, 1.807) is 63.6 Å². The quantitative estimate of drug-likeness (QED) is 0.222. The number of benzene rings is 3. The number of rotatable bonds is 14. The Labute approximate surface area is 311 Å². The van der Waals surface area contributed by atoms with Gasteiger partial charge in [0.2, 0.25) is 17.7 Å². The van der Waals surface area contributed by atoms with Crippen LogP contribution in [0.15, 0.2) is 66.7 Å². The van der Waals surface area contributed by atoms with Crippen molar-refractivity contribution < 1.29 is 33.1 Å². The number of likely N-dealkylation sites (N-methyl/N-ethyl adjacent to an activating group) is 1. The lowest BCUT2D eigenvalue weighted by Crippen LogP contribution is -2.66. The summed E-state index contributed by atoms with van der Waals surface area (Å²) in [5.41, 5.74) is -0.507. The molecule has 3 aromatic carbocycles.